The number of benzene rings is 1. The van der Waals surface area contributed by atoms with Crippen LogP contribution in [0.5, 0.6) is 0 Å². The summed E-state index contributed by atoms with van der Waals surface area (Å²) in [7, 11) is 0. The first-order chi connectivity index (χ1) is 7.79. The van der Waals surface area contributed by atoms with Gasteiger partial charge < -0.3 is 0 Å². The highest BCUT2D eigenvalue weighted by molar-refractivity contribution is 7.80. The molecule has 0 saturated heterocycles. The zero-order valence-electron chi connectivity index (χ0n) is 9.65. The Labute approximate surface area is 104 Å². The Morgan fingerprint density at radius 2 is 1.75 bits per heavy atom. The summed E-state index contributed by atoms with van der Waals surface area (Å²) in [5, 5.41) is 0. The first-order valence-corrected chi connectivity index (χ1v) is 6.49. The highest BCUT2D eigenvalue weighted by atomic mass is 32.1. The monoisotopic (exact) mass is 233 g/mol. The number of nitrogens with zero attached hydrogens (tertiary/aromatic N) is 1. The van der Waals surface area contributed by atoms with Crippen molar-refractivity contribution in [2.45, 2.75) is 12.8 Å². The third-order valence-corrected chi connectivity index (χ3v) is 3.63. The van der Waals surface area contributed by atoms with Gasteiger partial charge in [0.05, 0.1) is 0 Å². The zero-order chi connectivity index (χ0) is 11.4. The molecule has 1 aromatic rings. The largest absolute Gasteiger partial charge is 0.299 e. The topological polar surface area (TPSA) is 3.24 Å². The average molecular weight is 233 g/mol. The van der Waals surface area contributed by atoms with Gasteiger partial charge in [0.25, 0.3) is 0 Å². The van der Waals surface area contributed by atoms with E-state index in [0.717, 1.165) is 38.2 Å². The van der Waals surface area contributed by atoms with Gasteiger partial charge in [-0.3, -0.25) is 4.90 Å². The van der Waals surface area contributed by atoms with Crippen molar-refractivity contribution in [2.24, 2.45) is 0 Å². The Morgan fingerprint density at radius 3 is 2.25 bits per heavy atom. The summed E-state index contributed by atoms with van der Waals surface area (Å²) >= 11 is 4.27. The molecule has 0 bridgehead atoms. The second-order valence-corrected chi connectivity index (χ2v) is 4.77. The van der Waals surface area contributed by atoms with E-state index in [2.05, 4.69) is 48.4 Å². The minimum absolute atomic E-state index is 0.795. The highest BCUT2D eigenvalue weighted by Gasteiger charge is 2.13. The molecule has 0 unspecified atom stereocenters. The van der Waals surface area contributed by atoms with Gasteiger partial charge in [0.15, 0.2) is 0 Å². The molecule has 1 aliphatic rings. The Bertz CT molecular complexity index is 346. The standard InChI is InChI=1S/C14H19NS/c1-12(11-16)10-15-8-6-13-4-2-3-5-14(13)7-9-15/h2-5,16H,1,6-11H2. The quantitative estimate of drug-likeness (QED) is 0.620. The number of fused-ring (bicyclic) bond motifs is 1. The summed E-state index contributed by atoms with van der Waals surface area (Å²) in [5.74, 6) is 0.795. The Balaban J connectivity index is 1.99. The normalized spacial score (nSPS) is 16.6. The van der Waals surface area contributed by atoms with Crippen LogP contribution in [0.15, 0.2) is 36.4 Å². The Morgan fingerprint density at radius 1 is 1.19 bits per heavy atom. The van der Waals surface area contributed by atoms with Crippen LogP contribution in [0.25, 0.3) is 0 Å². The maximum atomic E-state index is 4.27. The first kappa shape index (κ1) is 11.7. The maximum absolute atomic E-state index is 4.27. The summed E-state index contributed by atoms with van der Waals surface area (Å²) in [5.41, 5.74) is 4.25. The van der Waals surface area contributed by atoms with Crippen molar-refractivity contribution in [2.75, 3.05) is 25.4 Å². The number of hydrogen-bond acceptors (Lipinski definition) is 2. The molecular weight excluding hydrogens is 214 g/mol. The minimum Gasteiger partial charge on any atom is -0.299 e. The smallest absolute Gasteiger partial charge is 0.0198 e. The number of thiol groups is 1. The lowest BCUT2D eigenvalue weighted by atomic mass is 10.0. The van der Waals surface area contributed by atoms with Gasteiger partial charge in [-0.05, 0) is 24.0 Å². The fourth-order valence-corrected chi connectivity index (χ4v) is 2.34. The predicted octanol–water partition coefficient (Wildman–Crippen LogP) is 2.57. The molecule has 1 heterocycles. The molecule has 0 aromatic heterocycles. The lowest BCUT2D eigenvalue weighted by Crippen LogP contribution is -2.28. The molecule has 0 amide bonds. The van der Waals surface area contributed by atoms with E-state index in [4.69, 9.17) is 0 Å². The molecule has 1 nitrogen and oxygen atoms in total. The van der Waals surface area contributed by atoms with E-state index in [1.807, 2.05) is 0 Å². The maximum Gasteiger partial charge on any atom is 0.0198 e. The number of rotatable bonds is 3. The summed E-state index contributed by atoms with van der Waals surface area (Å²) in [4.78, 5) is 2.48. The van der Waals surface area contributed by atoms with Gasteiger partial charge in [0.1, 0.15) is 0 Å². The lowest BCUT2D eigenvalue weighted by molar-refractivity contribution is 0.312. The first-order valence-electron chi connectivity index (χ1n) is 5.86. The van der Waals surface area contributed by atoms with Gasteiger partial charge in [0.2, 0.25) is 0 Å². The van der Waals surface area contributed by atoms with E-state index in [0.29, 0.717) is 0 Å². The number of hydrogen-bond donors (Lipinski definition) is 1. The van der Waals surface area contributed by atoms with Crippen molar-refractivity contribution in [3.63, 3.8) is 0 Å². The molecule has 2 heteroatoms. The van der Waals surface area contributed by atoms with Crippen molar-refractivity contribution in [1.29, 1.82) is 0 Å². The van der Waals surface area contributed by atoms with Crippen LogP contribution >= 0.6 is 12.6 Å². The summed E-state index contributed by atoms with van der Waals surface area (Å²) in [6, 6.07) is 8.79. The van der Waals surface area contributed by atoms with Crippen LogP contribution in [-0.2, 0) is 12.8 Å². The Hall–Kier alpha value is -0.730. The SMILES string of the molecule is C=C(CS)CN1CCc2ccccc2CC1. The molecule has 86 valence electrons. The van der Waals surface area contributed by atoms with E-state index in [9.17, 15) is 0 Å². The van der Waals surface area contributed by atoms with Crippen molar-refractivity contribution >= 4 is 12.6 Å². The fourth-order valence-electron chi connectivity index (χ4n) is 2.24. The molecule has 0 saturated carbocycles. The van der Waals surface area contributed by atoms with Gasteiger partial charge in [-0.15, -0.1) is 0 Å². The van der Waals surface area contributed by atoms with Crippen molar-refractivity contribution < 1.29 is 0 Å². The molecule has 2 rings (SSSR count). The second-order valence-electron chi connectivity index (χ2n) is 4.45. The molecule has 0 fully saturated rings. The molecule has 0 aliphatic carbocycles. The van der Waals surface area contributed by atoms with E-state index in [1.165, 1.54) is 16.7 Å². The second kappa shape index (κ2) is 5.55. The average Bonchev–Trinajstić information content (AvgIpc) is 2.52. The van der Waals surface area contributed by atoms with Crippen LogP contribution in [0.2, 0.25) is 0 Å². The molecule has 0 radical (unpaired) electrons. The third kappa shape index (κ3) is 2.89. The van der Waals surface area contributed by atoms with Gasteiger partial charge in [-0.1, -0.05) is 36.4 Å². The van der Waals surface area contributed by atoms with Crippen molar-refractivity contribution in [3.8, 4) is 0 Å². The van der Waals surface area contributed by atoms with Gasteiger partial charge in [0, 0.05) is 25.4 Å². The molecule has 0 N–H and O–H groups in total. The predicted molar refractivity (Wildman–Crippen MR) is 73.3 cm³/mol. The lowest BCUT2D eigenvalue weighted by Gasteiger charge is -2.20. The van der Waals surface area contributed by atoms with Gasteiger partial charge >= 0.3 is 0 Å². The highest BCUT2D eigenvalue weighted by Crippen LogP contribution is 2.16. The van der Waals surface area contributed by atoms with E-state index < -0.39 is 0 Å². The van der Waals surface area contributed by atoms with E-state index in [1.54, 1.807) is 0 Å². The molecule has 16 heavy (non-hydrogen) atoms. The van der Waals surface area contributed by atoms with Gasteiger partial charge in [-0.2, -0.15) is 12.6 Å². The van der Waals surface area contributed by atoms with E-state index in [-0.39, 0.29) is 0 Å². The minimum atomic E-state index is 0.795. The molecule has 0 spiro atoms. The molecule has 1 aliphatic heterocycles. The third-order valence-electron chi connectivity index (χ3n) is 3.18. The fraction of sp³-hybridized carbons (Fsp3) is 0.429. The molecule has 1 aromatic carbocycles. The van der Waals surface area contributed by atoms with Crippen LogP contribution in [0.4, 0.5) is 0 Å². The van der Waals surface area contributed by atoms with Crippen LogP contribution in [0.1, 0.15) is 11.1 Å². The molecular formula is C14H19NS. The molecule has 0 atom stereocenters. The van der Waals surface area contributed by atoms with Crippen LogP contribution < -0.4 is 0 Å². The summed E-state index contributed by atoms with van der Waals surface area (Å²) < 4.78 is 0. The zero-order valence-corrected chi connectivity index (χ0v) is 10.5. The Kier molecular flexibility index (Phi) is 4.08. The van der Waals surface area contributed by atoms with E-state index >= 15 is 0 Å². The van der Waals surface area contributed by atoms with Crippen molar-refractivity contribution in [1.82, 2.24) is 4.90 Å². The summed E-state index contributed by atoms with van der Waals surface area (Å²) in [6.07, 6.45) is 2.33. The van der Waals surface area contributed by atoms with Crippen LogP contribution in [-0.4, -0.2) is 30.3 Å². The summed E-state index contributed by atoms with van der Waals surface area (Å²) in [6.45, 7) is 7.31. The van der Waals surface area contributed by atoms with Crippen LogP contribution in [0, 0.1) is 0 Å². The van der Waals surface area contributed by atoms with Gasteiger partial charge in [-0.25, -0.2) is 0 Å². The van der Waals surface area contributed by atoms with Crippen LogP contribution in [0.3, 0.4) is 0 Å². The van der Waals surface area contributed by atoms with Crippen molar-refractivity contribution in [3.05, 3.63) is 47.5 Å².